The molecule has 0 spiro atoms. The summed E-state index contributed by atoms with van der Waals surface area (Å²) in [6.07, 6.45) is 1.74. The van der Waals surface area contributed by atoms with Crippen molar-refractivity contribution in [1.29, 1.82) is 0 Å². The van der Waals surface area contributed by atoms with Gasteiger partial charge < -0.3 is 0 Å². The normalized spacial score (nSPS) is 10.8. The van der Waals surface area contributed by atoms with Gasteiger partial charge in [-0.3, -0.25) is 0 Å². The topological polar surface area (TPSA) is 30.2 Å². The van der Waals surface area contributed by atoms with Gasteiger partial charge in [-0.05, 0) is 34.1 Å². The van der Waals surface area contributed by atoms with Crippen LogP contribution in [0, 0.1) is 6.07 Å². The van der Waals surface area contributed by atoms with Gasteiger partial charge in [0.1, 0.15) is 4.60 Å². The molecule has 16 heavy (non-hydrogen) atoms. The zero-order valence-electron chi connectivity index (χ0n) is 8.26. The molecule has 4 heteroatoms. The molecule has 0 aliphatic rings. The first-order valence-corrected chi connectivity index (χ1v) is 5.61. The van der Waals surface area contributed by atoms with Gasteiger partial charge in [0.2, 0.25) is 0 Å². The van der Waals surface area contributed by atoms with Gasteiger partial charge in [0, 0.05) is 5.56 Å². The molecule has 0 bridgehead atoms. The fraction of sp³-hybridized carbons (Fsp3) is 0. The molecule has 3 rings (SSSR count). The third-order valence-electron chi connectivity index (χ3n) is 2.33. The van der Waals surface area contributed by atoms with E-state index in [1.165, 1.54) is 0 Å². The number of aromatic nitrogens is 3. The Morgan fingerprint density at radius 2 is 1.94 bits per heavy atom. The third-order valence-corrected chi connectivity index (χ3v) is 2.88. The first kappa shape index (κ1) is 9.54. The smallest absolute Gasteiger partial charge is 0.154 e. The van der Waals surface area contributed by atoms with Crippen LogP contribution in [-0.4, -0.2) is 14.6 Å². The third kappa shape index (κ3) is 1.51. The van der Waals surface area contributed by atoms with Crippen molar-refractivity contribution in [3.05, 3.63) is 53.3 Å². The molecule has 0 aliphatic carbocycles. The lowest BCUT2D eigenvalue weighted by Gasteiger charge is -2.01. The highest BCUT2D eigenvalue weighted by Crippen LogP contribution is 2.18. The van der Waals surface area contributed by atoms with Gasteiger partial charge in [0.15, 0.2) is 5.65 Å². The van der Waals surface area contributed by atoms with E-state index >= 15 is 0 Å². The van der Waals surface area contributed by atoms with Crippen molar-refractivity contribution in [3.8, 4) is 11.3 Å². The first-order valence-electron chi connectivity index (χ1n) is 4.81. The van der Waals surface area contributed by atoms with E-state index < -0.39 is 0 Å². The van der Waals surface area contributed by atoms with Crippen LogP contribution in [0.3, 0.4) is 0 Å². The van der Waals surface area contributed by atoms with Crippen LogP contribution in [-0.2, 0) is 0 Å². The number of benzene rings is 1. The second kappa shape index (κ2) is 3.72. The molecule has 0 aliphatic heterocycles. The number of rotatable bonds is 1. The highest BCUT2D eigenvalue weighted by atomic mass is 79.9. The Kier molecular flexibility index (Phi) is 2.22. The zero-order valence-corrected chi connectivity index (χ0v) is 9.85. The van der Waals surface area contributed by atoms with E-state index in [9.17, 15) is 0 Å². The minimum Gasteiger partial charge on any atom is -0.234 e. The summed E-state index contributed by atoms with van der Waals surface area (Å²) in [7, 11) is 0. The highest BCUT2D eigenvalue weighted by Gasteiger charge is 2.04. The summed E-state index contributed by atoms with van der Waals surface area (Å²) in [5.74, 6) is 0. The largest absolute Gasteiger partial charge is 0.234 e. The Morgan fingerprint density at radius 1 is 1.12 bits per heavy atom. The minimum absolute atomic E-state index is 0.832. The molecule has 0 unspecified atom stereocenters. The van der Waals surface area contributed by atoms with E-state index in [4.69, 9.17) is 0 Å². The monoisotopic (exact) mass is 272 g/mol. The van der Waals surface area contributed by atoms with Gasteiger partial charge in [0.25, 0.3) is 0 Å². The molecule has 1 radical (unpaired) electrons. The molecule has 77 valence electrons. The predicted molar refractivity (Wildman–Crippen MR) is 65.0 cm³/mol. The van der Waals surface area contributed by atoms with Crippen LogP contribution in [0.5, 0.6) is 0 Å². The summed E-state index contributed by atoms with van der Waals surface area (Å²) >= 11 is 3.41. The number of nitrogens with zero attached hydrogens (tertiary/aromatic N) is 3. The molecule has 0 saturated carbocycles. The van der Waals surface area contributed by atoms with Crippen molar-refractivity contribution in [2.75, 3.05) is 0 Å². The van der Waals surface area contributed by atoms with Crippen molar-refractivity contribution in [2.24, 2.45) is 0 Å². The molecule has 3 aromatic rings. The van der Waals surface area contributed by atoms with Crippen molar-refractivity contribution < 1.29 is 0 Å². The highest BCUT2D eigenvalue weighted by molar-refractivity contribution is 9.10. The average Bonchev–Trinajstić information content (AvgIpc) is 2.72. The quantitative estimate of drug-likeness (QED) is 0.682. The number of halogens is 1. The van der Waals surface area contributed by atoms with Crippen molar-refractivity contribution in [3.63, 3.8) is 0 Å². The van der Waals surface area contributed by atoms with Crippen LogP contribution >= 0.6 is 15.9 Å². The maximum atomic E-state index is 4.50. The molecular formula is C12H7BrN3. The second-order valence-electron chi connectivity index (χ2n) is 3.36. The van der Waals surface area contributed by atoms with Gasteiger partial charge in [-0.25, -0.2) is 9.50 Å². The Balaban J connectivity index is 2.22. The summed E-state index contributed by atoms with van der Waals surface area (Å²) in [6, 6.07) is 14.6. The van der Waals surface area contributed by atoms with E-state index in [1.54, 1.807) is 10.7 Å². The minimum atomic E-state index is 0.832. The van der Waals surface area contributed by atoms with Gasteiger partial charge in [0.05, 0.1) is 11.9 Å². The van der Waals surface area contributed by atoms with E-state index in [0.29, 0.717) is 0 Å². The standard InChI is InChI=1S/C12H7BrN3/c13-11-8-14-12-7-6-10(15-16(11)12)9-4-2-1-3-5-9/h2-8H. The Bertz CT molecular complexity index is 631. The van der Waals surface area contributed by atoms with E-state index in [2.05, 4.69) is 32.1 Å². The first-order chi connectivity index (χ1) is 7.84. The SMILES string of the molecule is Brc1cnc2ccc(-c3cc[c]cc3)nn12. The van der Waals surface area contributed by atoms with E-state index in [0.717, 1.165) is 21.5 Å². The molecule has 3 nitrogen and oxygen atoms in total. The maximum Gasteiger partial charge on any atom is 0.154 e. The molecule has 0 N–H and O–H groups in total. The molecule has 1 aromatic carbocycles. The Labute approximate surface area is 101 Å². The van der Waals surface area contributed by atoms with Crippen molar-refractivity contribution in [2.45, 2.75) is 0 Å². The van der Waals surface area contributed by atoms with Gasteiger partial charge >= 0.3 is 0 Å². The molecule has 0 saturated heterocycles. The summed E-state index contributed by atoms with van der Waals surface area (Å²) in [6.45, 7) is 0. The molecule has 2 heterocycles. The number of fused-ring (bicyclic) bond motifs is 1. The zero-order chi connectivity index (χ0) is 11.0. The Hall–Kier alpha value is -1.68. The van der Waals surface area contributed by atoms with Crippen LogP contribution in [0.15, 0.2) is 47.2 Å². The van der Waals surface area contributed by atoms with Crippen LogP contribution < -0.4 is 0 Å². The lowest BCUT2D eigenvalue weighted by Crippen LogP contribution is -1.94. The Morgan fingerprint density at radius 3 is 2.75 bits per heavy atom. The molecule has 0 fully saturated rings. The number of hydrogen-bond donors (Lipinski definition) is 0. The fourth-order valence-corrected chi connectivity index (χ4v) is 1.92. The van der Waals surface area contributed by atoms with E-state index in [-0.39, 0.29) is 0 Å². The molecule has 0 atom stereocenters. The average molecular weight is 273 g/mol. The van der Waals surface area contributed by atoms with Crippen LogP contribution in [0.25, 0.3) is 16.9 Å². The maximum absolute atomic E-state index is 4.50. The lowest BCUT2D eigenvalue weighted by molar-refractivity contribution is 0.922. The summed E-state index contributed by atoms with van der Waals surface area (Å²) < 4.78 is 2.62. The van der Waals surface area contributed by atoms with Gasteiger partial charge in [-0.1, -0.05) is 24.3 Å². The summed E-state index contributed by atoms with van der Waals surface area (Å²) in [4.78, 5) is 4.20. The van der Waals surface area contributed by atoms with Crippen molar-refractivity contribution >= 4 is 21.6 Å². The van der Waals surface area contributed by atoms with Crippen LogP contribution in [0.4, 0.5) is 0 Å². The lowest BCUT2D eigenvalue weighted by atomic mass is 10.1. The van der Waals surface area contributed by atoms with Gasteiger partial charge in [-0.2, -0.15) is 5.10 Å². The second-order valence-corrected chi connectivity index (χ2v) is 4.17. The fourth-order valence-electron chi connectivity index (χ4n) is 1.56. The molecular weight excluding hydrogens is 266 g/mol. The summed E-state index contributed by atoms with van der Waals surface area (Å²) in [5.41, 5.74) is 2.82. The summed E-state index contributed by atoms with van der Waals surface area (Å²) in [5, 5.41) is 4.50. The predicted octanol–water partition coefficient (Wildman–Crippen LogP) is 2.96. The van der Waals surface area contributed by atoms with Crippen molar-refractivity contribution in [1.82, 2.24) is 14.6 Å². The number of imidazole rings is 1. The van der Waals surface area contributed by atoms with Crippen LogP contribution in [0.1, 0.15) is 0 Å². The molecule has 2 aromatic heterocycles. The van der Waals surface area contributed by atoms with Crippen LogP contribution in [0.2, 0.25) is 0 Å². The molecule has 0 amide bonds. The van der Waals surface area contributed by atoms with Gasteiger partial charge in [-0.15, -0.1) is 0 Å². The van der Waals surface area contributed by atoms with E-state index in [1.807, 2.05) is 36.4 Å². The number of hydrogen-bond acceptors (Lipinski definition) is 2.